The minimum atomic E-state index is 0.933. The highest BCUT2D eigenvalue weighted by Crippen LogP contribution is 2.17. The van der Waals surface area contributed by atoms with Gasteiger partial charge in [-0.3, -0.25) is 4.99 Å². The highest BCUT2D eigenvalue weighted by atomic mass is 14.7. The predicted octanol–water partition coefficient (Wildman–Crippen LogP) is 2.27. The highest BCUT2D eigenvalue weighted by Gasteiger charge is 2.10. The van der Waals surface area contributed by atoms with Crippen molar-refractivity contribution in [2.45, 2.75) is 33.1 Å². The molecule has 0 saturated carbocycles. The van der Waals surface area contributed by atoms with E-state index in [2.05, 4.69) is 18.8 Å². The topological polar surface area (TPSA) is 12.4 Å². The first kappa shape index (κ1) is 6.79. The molecule has 9 heavy (non-hydrogen) atoms. The Hall–Kier alpha value is -0.330. The first-order valence-electron chi connectivity index (χ1n) is 3.83. The van der Waals surface area contributed by atoms with Crippen LogP contribution in [-0.2, 0) is 0 Å². The van der Waals surface area contributed by atoms with E-state index in [4.69, 9.17) is 0 Å². The van der Waals surface area contributed by atoms with E-state index in [-0.39, 0.29) is 0 Å². The Morgan fingerprint density at radius 1 is 1.67 bits per heavy atom. The Balaban J connectivity index is 2.39. The summed E-state index contributed by atoms with van der Waals surface area (Å²) in [5, 5.41) is 0. The van der Waals surface area contributed by atoms with Gasteiger partial charge in [-0.25, -0.2) is 0 Å². The van der Waals surface area contributed by atoms with Crippen molar-refractivity contribution in [3.63, 3.8) is 0 Å². The Bertz CT molecular complexity index is 116. The van der Waals surface area contributed by atoms with E-state index in [1.54, 1.807) is 0 Å². The first-order chi connectivity index (χ1) is 4.33. The fraction of sp³-hybridized carbons (Fsp3) is 0.875. The Morgan fingerprint density at radius 2 is 2.44 bits per heavy atom. The molecule has 0 fully saturated rings. The molecule has 0 aliphatic carbocycles. The second-order valence-electron chi connectivity index (χ2n) is 2.88. The van der Waals surface area contributed by atoms with Crippen LogP contribution >= 0.6 is 0 Å². The van der Waals surface area contributed by atoms with Gasteiger partial charge in [0.2, 0.25) is 0 Å². The summed E-state index contributed by atoms with van der Waals surface area (Å²) in [5.41, 5.74) is 1.35. The van der Waals surface area contributed by atoms with E-state index in [9.17, 15) is 0 Å². The molecular weight excluding hydrogens is 110 g/mol. The van der Waals surface area contributed by atoms with Crippen molar-refractivity contribution >= 4 is 5.71 Å². The molecule has 1 atom stereocenters. The molecule has 0 spiro atoms. The SMILES string of the molecule is CCC1CCN=C(C)C1. The quantitative estimate of drug-likeness (QED) is 0.509. The van der Waals surface area contributed by atoms with Crippen LogP contribution in [0.4, 0.5) is 0 Å². The third kappa shape index (κ3) is 1.81. The molecular formula is C8H15N. The molecule has 52 valence electrons. The second-order valence-corrected chi connectivity index (χ2v) is 2.88. The van der Waals surface area contributed by atoms with E-state index < -0.39 is 0 Å². The van der Waals surface area contributed by atoms with E-state index >= 15 is 0 Å². The monoisotopic (exact) mass is 125 g/mol. The van der Waals surface area contributed by atoms with Gasteiger partial charge in [-0.1, -0.05) is 13.3 Å². The van der Waals surface area contributed by atoms with Gasteiger partial charge in [0.1, 0.15) is 0 Å². The lowest BCUT2D eigenvalue weighted by atomic mass is 9.94. The molecule has 0 amide bonds. The zero-order valence-corrected chi connectivity index (χ0v) is 6.35. The lowest BCUT2D eigenvalue weighted by molar-refractivity contribution is 0.477. The first-order valence-corrected chi connectivity index (χ1v) is 3.83. The number of hydrogen-bond acceptors (Lipinski definition) is 1. The Morgan fingerprint density at radius 3 is 2.89 bits per heavy atom. The number of nitrogens with zero attached hydrogens (tertiary/aromatic N) is 1. The van der Waals surface area contributed by atoms with Crippen molar-refractivity contribution < 1.29 is 0 Å². The molecule has 1 heteroatoms. The maximum absolute atomic E-state index is 4.34. The average molecular weight is 125 g/mol. The normalized spacial score (nSPS) is 27.8. The van der Waals surface area contributed by atoms with Crippen molar-refractivity contribution in [3.05, 3.63) is 0 Å². The fourth-order valence-corrected chi connectivity index (χ4v) is 1.37. The smallest absolute Gasteiger partial charge is 0.0391 e. The molecule has 1 aliphatic heterocycles. The van der Waals surface area contributed by atoms with E-state index in [1.807, 2.05) is 0 Å². The van der Waals surface area contributed by atoms with Crippen LogP contribution in [0.5, 0.6) is 0 Å². The van der Waals surface area contributed by atoms with Gasteiger partial charge in [-0.2, -0.15) is 0 Å². The molecule has 0 saturated heterocycles. The van der Waals surface area contributed by atoms with E-state index in [0.717, 1.165) is 12.5 Å². The summed E-state index contributed by atoms with van der Waals surface area (Å²) in [4.78, 5) is 4.34. The summed E-state index contributed by atoms with van der Waals surface area (Å²) in [6, 6.07) is 0. The number of hydrogen-bond donors (Lipinski definition) is 0. The molecule has 0 N–H and O–H groups in total. The maximum atomic E-state index is 4.34. The summed E-state index contributed by atoms with van der Waals surface area (Å²) in [6.07, 6.45) is 3.89. The molecule has 0 radical (unpaired) electrons. The van der Waals surface area contributed by atoms with Crippen LogP contribution in [0.15, 0.2) is 4.99 Å². The largest absolute Gasteiger partial charge is 0.294 e. The van der Waals surface area contributed by atoms with E-state index in [0.29, 0.717) is 0 Å². The molecule has 1 aliphatic rings. The molecule has 1 heterocycles. The lowest BCUT2D eigenvalue weighted by Gasteiger charge is -2.17. The van der Waals surface area contributed by atoms with Crippen LogP contribution < -0.4 is 0 Å². The van der Waals surface area contributed by atoms with Crippen molar-refractivity contribution in [1.82, 2.24) is 0 Å². The molecule has 1 unspecified atom stereocenters. The summed E-state index contributed by atoms with van der Waals surface area (Å²) in [5.74, 6) is 0.933. The molecule has 1 rings (SSSR count). The summed E-state index contributed by atoms with van der Waals surface area (Å²) < 4.78 is 0. The zero-order valence-electron chi connectivity index (χ0n) is 6.35. The number of rotatable bonds is 1. The van der Waals surface area contributed by atoms with Gasteiger partial charge < -0.3 is 0 Å². The van der Waals surface area contributed by atoms with Crippen LogP contribution in [0.1, 0.15) is 33.1 Å². The minimum Gasteiger partial charge on any atom is -0.294 e. The van der Waals surface area contributed by atoms with Crippen LogP contribution in [-0.4, -0.2) is 12.3 Å². The molecule has 0 aromatic rings. The average Bonchev–Trinajstić information content (AvgIpc) is 1.88. The molecule has 0 aromatic carbocycles. The Labute approximate surface area is 57.2 Å². The van der Waals surface area contributed by atoms with Gasteiger partial charge in [0.05, 0.1) is 0 Å². The van der Waals surface area contributed by atoms with Crippen LogP contribution in [0.25, 0.3) is 0 Å². The molecule has 1 nitrogen and oxygen atoms in total. The third-order valence-corrected chi connectivity index (χ3v) is 2.08. The molecule has 0 bridgehead atoms. The van der Waals surface area contributed by atoms with Crippen LogP contribution in [0.2, 0.25) is 0 Å². The van der Waals surface area contributed by atoms with Crippen LogP contribution in [0.3, 0.4) is 0 Å². The van der Waals surface area contributed by atoms with E-state index in [1.165, 1.54) is 25.0 Å². The van der Waals surface area contributed by atoms with Crippen molar-refractivity contribution in [3.8, 4) is 0 Å². The minimum absolute atomic E-state index is 0.933. The van der Waals surface area contributed by atoms with Gasteiger partial charge in [0.15, 0.2) is 0 Å². The zero-order chi connectivity index (χ0) is 6.69. The van der Waals surface area contributed by atoms with Gasteiger partial charge >= 0.3 is 0 Å². The van der Waals surface area contributed by atoms with Gasteiger partial charge in [0, 0.05) is 12.3 Å². The second kappa shape index (κ2) is 3.00. The van der Waals surface area contributed by atoms with Crippen molar-refractivity contribution in [2.75, 3.05) is 6.54 Å². The van der Waals surface area contributed by atoms with Gasteiger partial charge in [-0.15, -0.1) is 0 Å². The van der Waals surface area contributed by atoms with Crippen LogP contribution in [0, 0.1) is 5.92 Å². The lowest BCUT2D eigenvalue weighted by Crippen LogP contribution is -2.12. The van der Waals surface area contributed by atoms with Gasteiger partial charge in [0.25, 0.3) is 0 Å². The van der Waals surface area contributed by atoms with Gasteiger partial charge in [-0.05, 0) is 25.7 Å². The third-order valence-electron chi connectivity index (χ3n) is 2.08. The number of aliphatic imine (C=N–C) groups is 1. The standard InChI is InChI=1S/C8H15N/c1-3-8-4-5-9-7(2)6-8/h8H,3-6H2,1-2H3. The maximum Gasteiger partial charge on any atom is 0.0391 e. The predicted molar refractivity (Wildman–Crippen MR) is 41.0 cm³/mol. The summed E-state index contributed by atoms with van der Waals surface area (Å²) in [6.45, 7) is 5.48. The Kier molecular flexibility index (Phi) is 2.26. The highest BCUT2D eigenvalue weighted by molar-refractivity contribution is 5.82. The van der Waals surface area contributed by atoms with Crippen molar-refractivity contribution in [2.24, 2.45) is 10.9 Å². The summed E-state index contributed by atoms with van der Waals surface area (Å²) in [7, 11) is 0. The summed E-state index contributed by atoms with van der Waals surface area (Å²) >= 11 is 0. The van der Waals surface area contributed by atoms with Crippen molar-refractivity contribution in [1.29, 1.82) is 0 Å². The molecule has 0 aromatic heterocycles. The fourth-order valence-electron chi connectivity index (χ4n) is 1.37.